The number of hydrogen-bond donors (Lipinski definition) is 0. The van der Waals surface area contributed by atoms with Crippen molar-refractivity contribution in [1.29, 1.82) is 0 Å². The molecule has 0 spiro atoms. The third kappa shape index (κ3) is 3.31. The zero-order valence-electron chi connectivity index (χ0n) is 13.9. The minimum Gasteiger partial charge on any atom is -0.339 e. The van der Waals surface area contributed by atoms with Gasteiger partial charge in [0.15, 0.2) is 0 Å². The molecule has 4 nitrogen and oxygen atoms in total. The average molecular weight is 350 g/mol. The van der Waals surface area contributed by atoms with Crippen molar-refractivity contribution in [3.63, 3.8) is 0 Å². The lowest BCUT2D eigenvalue weighted by Gasteiger charge is -2.32. The number of hydrogen-bond acceptors (Lipinski definition) is 2. The van der Waals surface area contributed by atoms with Crippen molar-refractivity contribution in [2.45, 2.75) is 38.6 Å². The molecule has 0 radical (unpaired) electrons. The van der Waals surface area contributed by atoms with E-state index >= 15 is 0 Å². The van der Waals surface area contributed by atoms with E-state index in [0.717, 1.165) is 18.7 Å². The SMILES string of the molecule is CC(C)n1ccnc1C1CCN(C(=O)c2ccc(F)c(Cl)c2)CC1. The first-order valence-corrected chi connectivity index (χ1v) is 8.62. The monoisotopic (exact) mass is 349 g/mol. The van der Waals surface area contributed by atoms with Crippen LogP contribution in [0.25, 0.3) is 0 Å². The molecule has 24 heavy (non-hydrogen) atoms. The summed E-state index contributed by atoms with van der Waals surface area (Å²) in [5.41, 5.74) is 0.434. The molecule has 0 aliphatic carbocycles. The molecule has 2 heterocycles. The van der Waals surface area contributed by atoms with E-state index in [-0.39, 0.29) is 10.9 Å². The van der Waals surface area contributed by atoms with Crippen LogP contribution in [0.4, 0.5) is 4.39 Å². The van der Waals surface area contributed by atoms with Gasteiger partial charge in [-0.05, 0) is 44.9 Å². The quantitative estimate of drug-likeness (QED) is 0.829. The molecule has 1 aliphatic heterocycles. The molecule has 1 fully saturated rings. The summed E-state index contributed by atoms with van der Waals surface area (Å²) in [6.07, 6.45) is 5.61. The molecule has 6 heteroatoms. The maximum atomic E-state index is 13.2. The summed E-state index contributed by atoms with van der Waals surface area (Å²) < 4.78 is 15.4. The molecule has 1 saturated heterocycles. The molecule has 1 aromatic heterocycles. The molecular weight excluding hydrogens is 329 g/mol. The van der Waals surface area contributed by atoms with Crippen LogP contribution in [-0.4, -0.2) is 33.4 Å². The fourth-order valence-electron chi connectivity index (χ4n) is 3.23. The molecule has 128 valence electrons. The van der Waals surface area contributed by atoms with Crippen LogP contribution in [0, 0.1) is 5.82 Å². The highest BCUT2D eigenvalue weighted by atomic mass is 35.5. The van der Waals surface area contributed by atoms with E-state index in [2.05, 4.69) is 23.4 Å². The molecule has 0 saturated carbocycles. The third-order valence-electron chi connectivity index (χ3n) is 4.57. The van der Waals surface area contributed by atoms with E-state index in [0.29, 0.717) is 30.6 Å². The molecule has 0 N–H and O–H groups in total. The third-order valence-corrected chi connectivity index (χ3v) is 4.86. The van der Waals surface area contributed by atoms with Crippen molar-refractivity contribution in [2.24, 2.45) is 0 Å². The topological polar surface area (TPSA) is 38.1 Å². The van der Waals surface area contributed by atoms with Gasteiger partial charge in [-0.2, -0.15) is 0 Å². The minimum absolute atomic E-state index is 0.0188. The van der Waals surface area contributed by atoms with Gasteiger partial charge in [-0.1, -0.05) is 11.6 Å². The number of amides is 1. The van der Waals surface area contributed by atoms with Crippen LogP contribution in [0.5, 0.6) is 0 Å². The smallest absolute Gasteiger partial charge is 0.253 e. The fraction of sp³-hybridized carbons (Fsp3) is 0.444. The Morgan fingerprint density at radius 2 is 2.04 bits per heavy atom. The molecule has 0 unspecified atom stereocenters. The number of halogens is 2. The predicted octanol–water partition coefficient (Wildman–Crippen LogP) is 4.28. The zero-order valence-corrected chi connectivity index (χ0v) is 14.6. The Kier molecular flexibility index (Phi) is 4.90. The summed E-state index contributed by atoms with van der Waals surface area (Å²) in [6.45, 7) is 5.62. The summed E-state index contributed by atoms with van der Waals surface area (Å²) in [5, 5.41) is -0.0188. The zero-order chi connectivity index (χ0) is 17.3. The van der Waals surface area contributed by atoms with Gasteiger partial charge in [-0.25, -0.2) is 9.37 Å². The lowest BCUT2D eigenvalue weighted by molar-refractivity contribution is 0.0710. The van der Waals surface area contributed by atoms with E-state index in [1.54, 1.807) is 0 Å². The minimum atomic E-state index is -0.507. The van der Waals surface area contributed by atoms with Crippen molar-refractivity contribution in [3.8, 4) is 0 Å². The normalized spacial score (nSPS) is 16.0. The van der Waals surface area contributed by atoms with Gasteiger partial charge >= 0.3 is 0 Å². The molecule has 0 atom stereocenters. The van der Waals surface area contributed by atoms with Crippen molar-refractivity contribution in [2.75, 3.05) is 13.1 Å². The van der Waals surface area contributed by atoms with Crippen LogP contribution >= 0.6 is 11.6 Å². The van der Waals surface area contributed by atoms with Crippen LogP contribution in [0.2, 0.25) is 5.02 Å². The Hall–Kier alpha value is -1.88. The molecular formula is C18H21ClFN3O. The number of carbonyl (C=O) groups excluding carboxylic acids is 1. The highest BCUT2D eigenvalue weighted by Crippen LogP contribution is 2.29. The van der Waals surface area contributed by atoms with Crippen molar-refractivity contribution in [3.05, 3.63) is 52.8 Å². The van der Waals surface area contributed by atoms with E-state index in [9.17, 15) is 9.18 Å². The van der Waals surface area contributed by atoms with E-state index in [4.69, 9.17) is 11.6 Å². The van der Waals surface area contributed by atoms with Crippen LogP contribution in [0.1, 0.15) is 54.8 Å². The molecule has 2 aromatic rings. The average Bonchev–Trinajstić information content (AvgIpc) is 3.07. The lowest BCUT2D eigenvalue weighted by atomic mass is 9.95. The van der Waals surface area contributed by atoms with Gasteiger partial charge in [-0.15, -0.1) is 0 Å². The number of rotatable bonds is 3. The van der Waals surface area contributed by atoms with Gasteiger partial charge in [0.1, 0.15) is 11.6 Å². The maximum Gasteiger partial charge on any atom is 0.253 e. The Bertz CT molecular complexity index is 736. The van der Waals surface area contributed by atoms with Gasteiger partial charge in [0.05, 0.1) is 5.02 Å². The van der Waals surface area contributed by atoms with Gasteiger partial charge in [0, 0.05) is 43.0 Å². The van der Waals surface area contributed by atoms with E-state index in [1.807, 2.05) is 17.3 Å². The summed E-state index contributed by atoms with van der Waals surface area (Å²) >= 11 is 5.78. The highest BCUT2D eigenvalue weighted by molar-refractivity contribution is 6.31. The number of benzene rings is 1. The van der Waals surface area contributed by atoms with Crippen molar-refractivity contribution >= 4 is 17.5 Å². The Labute approximate surface area is 146 Å². The number of carbonyl (C=O) groups is 1. The summed E-state index contributed by atoms with van der Waals surface area (Å²) in [6, 6.07) is 4.50. The Balaban J connectivity index is 1.67. The second-order valence-corrected chi connectivity index (χ2v) is 6.89. The van der Waals surface area contributed by atoms with Crippen LogP contribution in [0.15, 0.2) is 30.6 Å². The highest BCUT2D eigenvalue weighted by Gasteiger charge is 2.27. The van der Waals surface area contributed by atoms with E-state index < -0.39 is 5.82 Å². The second-order valence-electron chi connectivity index (χ2n) is 6.48. The number of piperidine rings is 1. The first-order chi connectivity index (χ1) is 11.5. The largest absolute Gasteiger partial charge is 0.339 e. The van der Waals surface area contributed by atoms with Gasteiger partial charge in [0.2, 0.25) is 0 Å². The van der Waals surface area contributed by atoms with Crippen LogP contribution in [-0.2, 0) is 0 Å². The standard InChI is InChI=1S/C18H21ClFN3O/c1-12(2)23-10-7-21-17(23)13-5-8-22(9-6-13)18(24)14-3-4-16(20)15(19)11-14/h3-4,7,10-13H,5-6,8-9H2,1-2H3. The molecule has 1 amide bonds. The summed E-state index contributed by atoms with van der Waals surface area (Å²) in [5.74, 6) is 0.861. The Morgan fingerprint density at radius 1 is 1.33 bits per heavy atom. The lowest BCUT2D eigenvalue weighted by Crippen LogP contribution is -2.38. The van der Waals surface area contributed by atoms with Crippen LogP contribution < -0.4 is 0 Å². The molecule has 0 bridgehead atoms. The van der Waals surface area contributed by atoms with Crippen LogP contribution in [0.3, 0.4) is 0 Å². The van der Waals surface area contributed by atoms with Gasteiger partial charge < -0.3 is 9.47 Å². The Morgan fingerprint density at radius 3 is 2.67 bits per heavy atom. The van der Waals surface area contributed by atoms with Crippen molar-refractivity contribution in [1.82, 2.24) is 14.5 Å². The second kappa shape index (κ2) is 6.93. The molecule has 1 aromatic carbocycles. The van der Waals surface area contributed by atoms with E-state index in [1.165, 1.54) is 18.2 Å². The summed E-state index contributed by atoms with van der Waals surface area (Å²) in [7, 11) is 0. The molecule has 1 aliphatic rings. The predicted molar refractivity (Wildman–Crippen MR) is 91.9 cm³/mol. The summed E-state index contributed by atoms with van der Waals surface area (Å²) in [4.78, 5) is 18.9. The fourth-order valence-corrected chi connectivity index (χ4v) is 3.41. The number of aromatic nitrogens is 2. The first-order valence-electron chi connectivity index (χ1n) is 8.24. The van der Waals surface area contributed by atoms with Gasteiger partial charge in [-0.3, -0.25) is 4.79 Å². The molecule has 3 rings (SSSR count). The van der Waals surface area contributed by atoms with Crippen molar-refractivity contribution < 1.29 is 9.18 Å². The first kappa shape index (κ1) is 17.0. The number of likely N-dealkylation sites (tertiary alicyclic amines) is 1. The van der Waals surface area contributed by atoms with Gasteiger partial charge in [0.25, 0.3) is 5.91 Å². The number of imidazole rings is 1. The number of nitrogens with zero attached hydrogens (tertiary/aromatic N) is 3. The maximum absolute atomic E-state index is 13.2.